The fourth-order valence-corrected chi connectivity index (χ4v) is 3.32. The van der Waals surface area contributed by atoms with Gasteiger partial charge in [-0.15, -0.1) is 0 Å². The van der Waals surface area contributed by atoms with E-state index < -0.39 is 10.9 Å². The minimum absolute atomic E-state index is 0.265. The number of nitrogens with zero attached hydrogens (tertiary/aromatic N) is 1. The third-order valence-corrected chi connectivity index (χ3v) is 5.16. The molecule has 0 aliphatic heterocycles. The molecule has 0 radical (unpaired) electrons. The number of benzene rings is 2. The van der Waals surface area contributed by atoms with Gasteiger partial charge in [0.25, 0.3) is 0 Å². The summed E-state index contributed by atoms with van der Waals surface area (Å²) in [6.07, 6.45) is 0. The zero-order chi connectivity index (χ0) is 18.7. The number of aromatic amines is 1. The van der Waals surface area contributed by atoms with Crippen molar-refractivity contribution >= 4 is 35.0 Å². The topological polar surface area (TPSA) is 79.0 Å². The summed E-state index contributed by atoms with van der Waals surface area (Å²) in [6, 6.07) is 14.6. The number of aromatic nitrogens is 2. The summed E-state index contributed by atoms with van der Waals surface area (Å²) in [5.74, 6) is -0.265. The number of halogens is 1. The molecule has 0 fully saturated rings. The molecular formula is C18H17ClN3O3S+. The van der Waals surface area contributed by atoms with Crippen LogP contribution in [0.3, 0.4) is 0 Å². The quantitative estimate of drug-likeness (QED) is 0.517. The molecule has 8 heteroatoms. The van der Waals surface area contributed by atoms with E-state index in [1.165, 1.54) is 4.68 Å². The number of carbonyl (C=O) groups excluding carboxylic acids is 1. The fourth-order valence-electron chi connectivity index (χ4n) is 2.25. The minimum Gasteiger partial charge on any atom is -0.324 e. The Kier molecular flexibility index (Phi) is 5.49. The average Bonchev–Trinajstić information content (AvgIpc) is 2.98. The lowest BCUT2D eigenvalue weighted by Gasteiger charge is -2.10. The molecule has 0 saturated carbocycles. The van der Waals surface area contributed by atoms with Crippen LogP contribution in [0, 0.1) is 6.92 Å². The average molecular weight is 391 g/mol. The van der Waals surface area contributed by atoms with E-state index in [1.54, 1.807) is 31.2 Å². The smallest absolute Gasteiger partial charge is 0.324 e. The lowest BCUT2D eigenvalue weighted by atomic mass is 10.2. The Morgan fingerprint density at radius 2 is 1.92 bits per heavy atom. The molecule has 0 saturated heterocycles. The van der Waals surface area contributed by atoms with Gasteiger partial charge in [-0.2, -0.15) is 0 Å². The number of para-hydroxylation sites is 1. The normalized spacial score (nSPS) is 12.0. The van der Waals surface area contributed by atoms with E-state index in [2.05, 4.69) is 10.6 Å². The molecular weight excluding hydrogens is 374 g/mol. The highest BCUT2D eigenvalue weighted by Gasteiger charge is 2.29. The van der Waals surface area contributed by atoms with Gasteiger partial charge in [0.15, 0.2) is 0 Å². The van der Waals surface area contributed by atoms with Crippen molar-refractivity contribution in [2.24, 2.45) is 0 Å². The highest BCUT2D eigenvalue weighted by molar-refractivity contribution is 8.00. The number of aryl methyl sites for hydroxylation is 1. The van der Waals surface area contributed by atoms with Gasteiger partial charge < -0.3 is 5.32 Å². The van der Waals surface area contributed by atoms with Gasteiger partial charge >= 0.3 is 10.7 Å². The number of hydrogen-bond donors (Lipinski definition) is 2. The zero-order valence-corrected chi connectivity index (χ0v) is 15.7. The fraction of sp³-hybridized carbons (Fsp3) is 0.167. The van der Waals surface area contributed by atoms with Crippen LogP contribution in [0.2, 0.25) is 5.02 Å². The number of anilines is 1. The second kappa shape index (κ2) is 7.80. The van der Waals surface area contributed by atoms with Crippen molar-refractivity contribution in [1.29, 1.82) is 0 Å². The summed E-state index contributed by atoms with van der Waals surface area (Å²) >= 11 is 7.17. The Morgan fingerprint density at radius 3 is 2.62 bits per heavy atom. The van der Waals surface area contributed by atoms with Crippen LogP contribution in [0.4, 0.5) is 5.69 Å². The third kappa shape index (κ3) is 4.00. The molecule has 3 rings (SSSR count). The van der Waals surface area contributed by atoms with Crippen molar-refractivity contribution in [2.75, 3.05) is 5.32 Å². The molecule has 1 amide bonds. The van der Waals surface area contributed by atoms with Crippen LogP contribution in [-0.2, 0) is 4.79 Å². The summed E-state index contributed by atoms with van der Waals surface area (Å²) in [5, 5.41) is 5.53. The van der Waals surface area contributed by atoms with E-state index in [0.717, 1.165) is 23.0 Å². The first-order valence-electron chi connectivity index (χ1n) is 7.88. The maximum Gasteiger partial charge on any atom is 0.442 e. The van der Waals surface area contributed by atoms with Crippen LogP contribution in [0.25, 0.3) is 5.69 Å². The molecule has 2 aromatic carbocycles. The van der Waals surface area contributed by atoms with Gasteiger partial charge in [0.2, 0.25) is 11.6 Å². The first-order valence-corrected chi connectivity index (χ1v) is 9.14. The van der Waals surface area contributed by atoms with Gasteiger partial charge in [-0.25, -0.2) is 4.79 Å². The molecule has 1 aromatic heterocycles. The largest absolute Gasteiger partial charge is 0.442 e. The molecule has 2 N–H and O–H groups in total. The highest BCUT2D eigenvalue weighted by Crippen LogP contribution is 2.23. The van der Waals surface area contributed by atoms with Crippen LogP contribution < -0.4 is 15.6 Å². The maximum absolute atomic E-state index is 12.5. The van der Waals surface area contributed by atoms with E-state index >= 15 is 0 Å². The predicted molar refractivity (Wildman–Crippen MR) is 101 cm³/mol. The Labute approximate surface area is 159 Å². The standard InChI is InChI=1S/C18H16ClN3O3S/c1-11-7-9-13(10-8-11)22-17(18(24)25-21-22)26-12(2)16(23)20-15-6-4-3-5-14(15)19/h3-10,12H,1-2H3,(H-,20,21,23,24)/p+1. The number of nitrogens with one attached hydrogen (secondary N) is 2. The van der Waals surface area contributed by atoms with Crippen molar-refractivity contribution in [2.45, 2.75) is 24.1 Å². The molecule has 3 aromatic rings. The van der Waals surface area contributed by atoms with Gasteiger partial charge in [0, 0.05) is 12.1 Å². The van der Waals surface area contributed by atoms with Crippen molar-refractivity contribution in [1.82, 2.24) is 5.27 Å². The third-order valence-electron chi connectivity index (χ3n) is 3.69. The number of amides is 1. The first-order chi connectivity index (χ1) is 12.5. The second-order valence-electron chi connectivity index (χ2n) is 5.69. The number of carbonyl (C=O) groups is 1. The van der Waals surface area contributed by atoms with Gasteiger partial charge in [-0.05, 0) is 47.7 Å². The highest BCUT2D eigenvalue weighted by atomic mass is 35.5. The number of rotatable bonds is 5. The summed E-state index contributed by atoms with van der Waals surface area (Å²) in [6.45, 7) is 3.69. The van der Waals surface area contributed by atoms with Crippen molar-refractivity contribution < 1.29 is 14.0 Å². The molecule has 6 nitrogen and oxygen atoms in total. The van der Waals surface area contributed by atoms with Crippen molar-refractivity contribution in [3.63, 3.8) is 0 Å². The van der Waals surface area contributed by atoms with Crippen molar-refractivity contribution in [3.05, 3.63) is 69.5 Å². The summed E-state index contributed by atoms with van der Waals surface area (Å²) in [4.78, 5) is 24.5. The van der Waals surface area contributed by atoms with Crippen LogP contribution in [0.1, 0.15) is 12.5 Å². The molecule has 26 heavy (non-hydrogen) atoms. The van der Waals surface area contributed by atoms with Crippen LogP contribution >= 0.6 is 23.4 Å². The molecule has 1 heterocycles. The number of hydrogen-bond acceptors (Lipinski definition) is 4. The van der Waals surface area contributed by atoms with E-state index in [-0.39, 0.29) is 10.9 Å². The van der Waals surface area contributed by atoms with Crippen LogP contribution in [0.5, 0.6) is 0 Å². The monoisotopic (exact) mass is 390 g/mol. The Hall–Kier alpha value is -2.51. The van der Waals surface area contributed by atoms with E-state index in [1.807, 2.05) is 31.2 Å². The van der Waals surface area contributed by atoms with Crippen LogP contribution in [-0.4, -0.2) is 16.4 Å². The summed E-state index contributed by atoms with van der Waals surface area (Å²) < 4.78 is 6.43. The molecule has 0 bridgehead atoms. The lowest BCUT2D eigenvalue weighted by Crippen LogP contribution is -2.37. The second-order valence-corrected chi connectivity index (χ2v) is 7.42. The van der Waals surface area contributed by atoms with Gasteiger partial charge in [0.1, 0.15) is 0 Å². The Morgan fingerprint density at radius 1 is 1.23 bits per heavy atom. The molecule has 0 spiro atoms. The van der Waals surface area contributed by atoms with Gasteiger partial charge in [0.05, 0.1) is 16.0 Å². The molecule has 1 unspecified atom stereocenters. The van der Waals surface area contributed by atoms with E-state index in [9.17, 15) is 9.59 Å². The summed E-state index contributed by atoms with van der Waals surface area (Å²) in [5.41, 5.74) is 1.83. The lowest BCUT2D eigenvalue weighted by molar-refractivity contribution is -0.704. The molecule has 0 aliphatic rings. The minimum atomic E-state index is -0.540. The Balaban J connectivity index is 1.79. The van der Waals surface area contributed by atoms with Gasteiger partial charge in [-0.3, -0.25) is 9.32 Å². The zero-order valence-electron chi connectivity index (χ0n) is 14.2. The molecule has 1 atom stereocenters. The number of H-pyrrole nitrogens is 1. The maximum atomic E-state index is 12.5. The van der Waals surface area contributed by atoms with E-state index in [4.69, 9.17) is 16.1 Å². The van der Waals surface area contributed by atoms with Crippen LogP contribution in [0.15, 0.2) is 62.9 Å². The predicted octanol–water partition coefficient (Wildman–Crippen LogP) is 3.33. The van der Waals surface area contributed by atoms with E-state index in [0.29, 0.717) is 10.7 Å². The summed E-state index contributed by atoms with van der Waals surface area (Å²) in [7, 11) is 0. The number of thioether (sulfide) groups is 1. The first kappa shape index (κ1) is 18.3. The Bertz CT molecular complexity index is 982. The van der Waals surface area contributed by atoms with Crippen molar-refractivity contribution in [3.8, 4) is 5.69 Å². The SMILES string of the molecule is Cc1ccc(-[n+]2[nH]oc(=O)c2SC(C)C(=O)Nc2ccccc2Cl)cc1. The molecule has 0 aliphatic carbocycles. The van der Waals surface area contributed by atoms with Gasteiger partial charge in [-0.1, -0.05) is 41.4 Å². The molecule has 134 valence electrons.